The molecular formula is C22H18N2O5. The number of nitrogens with one attached hydrogen (secondary N) is 1. The molecule has 1 N–H and O–H groups in total. The molecule has 0 aliphatic carbocycles. The number of fused-ring (bicyclic) bond motifs is 1. The van der Waals surface area contributed by atoms with Crippen molar-refractivity contribution in [3.05, 3.63) is 78.0 Å². The monoisotopic (exact) mass is 390 g/mol. The van der Waals surface area contributed by atoms with Gasteiger partial charge in [-0.05, 0) is 36.4 Å². The summed E-state index contributed by atoms with van der Waals surface area (Å²) in [5.74, 6) is -1.61. The number of aromatic nitrogens is 1. The number of ether oxygens (including phenoxy) is 2. The molecule has 29 heavy (non-hydrogen) atoms. The van der Waals surface area contributed by atoms with Crippen LogP contribution in [0.2, 0.25) is 0 Å². The molecule has 0 saturated heterocycles. The van der Waals surface area contributed by atoms with Gasteiger partial charge in [0.25, 0.3) is 5.91 Å². The number of esters is 2. The van der Waals surface area contributed by atoms with Crippen LogP contribution in [-0.2, 0) is 19.1 Å². The van der Waals surface area contributed by atoms with Crippen LogP contribution in [0.15, 0.2) is 66.9 Å². The highest BCUT2D eigenvalue weighted by Gasteiger charge is 2.08. The second kappa shape index (κ2) is 9.27. The molecule has 0 unspecified atom stereocenters. The lowest BCUT2D eigenvalue weighted by Gasteiger charge is -2.06. The normalized spacial score (nSPS) is 10.7. The fourth-order valence-electron chi connectivity index (χ4n) is 2.61. The molecule has 146 valence electrons. The number of rotatable bonds is 6. The summed E-state index contributed by atoms with van der Waals surface area (Å²) >= 11 is 0. The number of nitrogens with zero attached hydrogens (tertiary/aromatic N) is 1. The molecular weight excluding hydrogens is 372 g/mol. The van der Waals surface area contributed by atoms with Crippen molar-refractivity contribution in [1.29, 1.82) is 0 Å². The summed E-state index contributed by atoms with van der Waals surface area (Å²) < 4.78 is 9.56. The molecule has 3 rings (SSSR count). The number of para-hydroxylation sites is 1. The maximum absolute atomic E-state index is 11.9. The van der Waals surface area contributed by atoms with Crippen LogP contribution in [0.3, 0.4) is 0 Å². The van der Waals surface area contributed by atoms with Gasteiger partial charge in [0.05, 0.1) is 18.2 Å². The lowest BCUT2D eigenvalue weighted by atomic mass is 10.1. The molecule has 0 spiro atoms. The Hall–Kier alpha value is -4.00. The van der Waals surface area contributed by atoms with Crippen molar-refractivity contribution in [2.45, 2.75) is 0 Å². The predicted octanol–water partition coefficient (Wildman–Crippen LogP) is 3.22. The third kappa shape index (κ3) is 5.26. The third-order valence-corrected chi connectivity index (χ3v) is 4.00. The van der Waals surface area contributed by atoms with Crippen molar-refractivity contribution in [3.63, 3.8) is 0 Å². The largest absolute Gasteiger partial charge is 0.465 e. The van der Waals surface area contributed by atoms with Gasteiger partial charge >= 0.3 is 11.9 Å². The zero-order chi connectivity index (χ0) is 20.6. The van der Waals surface area contributed by atoms with Gasteiger partial charge in [-0.2, -0.15) is 0 Å². The second-order valence-electron chi connectivity index (χ2n) is 5.98. The van der Waals surface area contributed by atoms with Crippen LogP contribution in [-0.4, -0.2) is 36.5 Å². The van der Waals surface area contributed by atoms with Crippen LogP contribution in [0, 0.1) is 0 Å². The van der Waals surface area contributed by atoms with Crippen molar-refractivity contribution in [2.24, 2.45) is 0 Å². The number of anilines is 1. The van der Waals surface area contributed by atoms with Crippen molar-refractivity contribution >= 4 is 40.5 Å². The molecule has 1 heterocycles. The number of carbonyl (C=O) groups excluding carboxylic acids is 3. The Morgan fingerprint density at radius 3 is 2.55 bits per heavy atom. The van der Waals surface area contributed by atoms with Gasteiger partial charge in [0.15, 0.2) is 6.61 Å². The first-order valence-electron chi connectivity index (χ1n) is 8.73. The fourth-order valence-corrected chi connectivity index (χ4v) is 2.61. The summed E-state index contributed by atoms with van der Waals surface area (Å²) in [5.41, 5.74) is 2.38. The van der Waals surface area contributed by atoms with Crippen molar-refractivity contribution in [2.75, 3.05) is 19.0 Å². The smallest absolute Gasteiger partial charge is 0.337 e. The molecule has 3 aromatic rings. The highest BCUT2D eigenvalue weighted by molar-refractivity contribution is 5.96. The van der Waals surface area contributed by atoms with Crippen LogP contribution in [0.1, 0.15) is 15.9 Å². The second-order valence-corrected chi connectivity index (χ2v) is 5.98. The minimum absolute atomic E-state index is 0.366. The van der Waals surface area contributed by atoms with Crippen molar-refractivity contribution in [3.8, 4) is 0 Å². The van der Waals surface area contributed by atoms with E-state index in [1.165, 1.54) is 25.3 Å². The van der Waals surface area contributed by atoms with E-state index in [-0.39, 0.29) is 0 Å². The average Bonchev–Trinajstić information content (AvgIpc) is 2.76. The van der Waals surface area contributed by atoms with Crippen LogP contribution < -0.4 is 5.32 Å². The summed E-state index contributed by atoms with van der Waals surface area (Å²) in [5, 5.41) is 3.54. The summed E-state index contributed by atoms with van der Waals surface area (Å²) in [4.78, 5) is 39.5. The number of methoxy groups -OCH3 is 1. The molecule has 2 aromatic carbocycles. The number of carbonyl (C=O) groups is 3. The average molecular weight is 390 g/mol. The molecule has 7 heteroatoms. The lowest BCUT2D eigenvalue weighted by Crippen LogP contribution is -2.20. The molecule has 1 aromatic heterocycles. The molecule has 0 fully saturated rings. The molecule has 0 atom stereocenters. The van der Waals surface area contributed by atoms with Gasteiger partial charge in [0.1, 0.15) is 0 Å². The topological polar surface area (TPSA) is 94.6 Å². The summed E-state index contributed by atoms with van der Waals surface area (Å²) in [6.45, 7) is -0.435. The van der Waals surface area contributed by atoms with E-state index >= 15 is 0 Å². The quantitative estimate of drug-likeness (QED) is 0.513. The number of benzene rings is 2. The minimum atomic E-state index is -0.644. The van der Waals surface area contributed by atoms with E-state index in [9.17, 15) is 14.4 Å². The Bertz CT molecular complexity index is 1070. The first kappa shape index (κ1) is 19.8. The van der Waals surface area contributed by atoms with Crippen LogP contribution in [0.4, 0.5) is 5.69 Å². The molecule has 0 aliphatic rings. The van der Waals surface area contributed by atoms with Crippen LogP contribution in [0.25, 0.3) is 17.0 Å². The van der Waals surface area contributed by atoms with Gasteiger partial charge < -0.3 is 14.8 Å². The molecule has 1 amide bonds. The first-order valence-corrected chi connectivity index (χ1v) is 8.73. The molecule has 0 bridgehead atoms. The maximum Gasteiger partial charge on any atom is 0.337 e. The maximum atomic E-state index is 11.9. The highest BCUT2D eigenvalue weighted by Crippen LogP contribution is 2.17. The Kier molecular flexibility index (Phi) is 6.32. The fraction of sp³-hybridized carbons (Fsp3) is 0.0909. The van der Waals surface area contributed by atoms with Gasteiger partial charge in [-0.3, -0.25) is 9.78 Å². The highest BCUT2D eigenvalue weighted by atomic mass is 16.5. The van der Waals surface area contributed by atoms with E-state index in [2.05, 4.69) is 15.0 Å². The summed E-state index contributed by atoms with van der Waals surface area (Å²) in [7, 11) is 1.29. The van der Waals surface area contributed by atoms with Crippen molar-refractivity contribution in [1.82, 2.24) is 4.98 Å². The molecule has 0 aliphatic heterocycles. The molecule has 0 saturated carbocycles. The Morgan fingerprint density at radius 2 is 1.79 bits per heavy atom. The standard InChI is InChI=1S/C22H18N2O5/c1-28-22(27)17-7-10-18(11-8-17)24-19(25)14-29-20(26)12-9-16-5-2-4-15-6-3-13-23-21(15)16/h2-13H,14H2,1H3,(H,24,25)/b12-9+. The van der Waals surface area contributed by atoms with Gasteiger partial charge in [-0.15, -0.1) is 0 Å². The van der Waals surface area contributed by atoms with Crippen LogP contribution in [0.5, 0.6) is 0 Å². The number of pyridine rings is 1. The van der Waals surface area contributed by atoms with Gasteiger partial charge in [-0.25, -0.2) is 9.59 Å². The zero-order valence-electron chi connectivity index (χ0n) is 15.6. The van der Waals surface area contributed by atoms with E-state index in [0.29, 0.717) is 11.3 Å². The molecule has 0 radical (unpaired) electrons. The summed E-state index contributed by atoms with van der Waals surface area (Å²) in [6, 6.07) is 15.6. The van der Waals surface area contributed by atoms with Gasteiger partial charge in [0, 0.05) is 28.9 Å². The number of amides is 1. The van der Waals surface area contributed by atoms with Crippen LogP contribution >= 0.6 is 0 Å². The third-order valence-electron chi connectivity index (χ3n) is 4.00. The predicted molar refractivity (Wildman–Crippen MR) is 108 cm³/mol. The number of hydrogen-bond donors (Lipinski definition) is 1. The van der Waals surface area contributed by atoms with Gasteiger partial charge in [-0.1, -0.05) is 24.3 Å². The minimum Gasteiger partial charge on any atom is -0.465 e. The van der Waals surface area contributed by atoms with Crippen molar-refractivity contribution < 1.29 is 23.9 Å². The summed E-state index contributed by atoms with van der Waals surface area (Å²) in [6.07, 6.45) is 4.53. The molecule has 7 nitrogen and oxygen atoms in total. The Balaban J connectivity index is 1.53. The Morgan fingerprint density at radius 1 is 1.03 bits per heavy atom. The number of hydrogen-bond acceptors (Lipinski definition) is 6. The lowest BCUT2D eigenvalue weighted by molar-refractivity contribution is -0.142. The van der Waals surface area contributed by atoms with E-state index in [1.807, 2.05) is 30.3 Å². The zero-order valence-corrected chi connectivity index (χ0v) is 15.6. The van der Waals surface area contributed by atoms with E-state index in [1.54, 1.807) is 24.4 Å². The first-order chi connectivity index (χ1) is 14.1. The SMILES string of the molecule is COC(=O)c1ccc(NC(=O)COC(=O)/C=C/c2cccc3cccnc23)cc1. The van der Waals surface area contributed by atoms with E-state index in [4.69, 9.17) is 4.74 Å². The Labute approximate surface area is 167 Å². The van der Waals surface area contributed by atoms with Gasteiger partial charge in [0.2, 0.25) is 0 Å². The van der Waals surface area contributed by atoms with E-state index in [0.717, 1.165) is 16.5 Å². The van der Waals surface area contributed by atoms with E-state index < -0.39 is 24.5 Å².